The lowest BCUT2D eigenvalue weighted by molar-refractivity contribution is 0.100. The van der Waals surface area contributed by atoms with E-state index in [-0.39, 0.29) is 17.1 Å². The van der Waals surface area contributed by atoms with E-state index in [0.29, 0.717) is 44.2 Å². The summed E-state index contributed by atoms with van der Waals surface area (Å²) in [5.41, 5.74) is 10.3. The number of nitrogens with one attached hydrogen (secondary N) is 2. The topological polar surface area (TPSA) is 157 Å². The van der Waals surface area contributed by atoms with Crippen LogP contribution >= 0.6 is 23.2 Å². The van der Waals surface area contributed by atoms with Crippen molar-refractivity contribution in [1.29, 1.82) is 0 Å². The van der Waals surface area contributed by atoms with Crippen LogP contribution in [-0.4, -0.2) is 32.4 Å². The smallest absolute Gasteiger partial charge is 0.248 e. The van der Waals surface area contributed by atoms with Crippen LogP contribution in [0.15, 0.2) is 68.7 Å². The number of furan rings is 1. The molecule has 0 unspecified atom stereocenters. The van der Waals surface area contributed by atoms with E-state index in [0.717, 1.165) is 0 Å². The number of nitrogens with zero attached hydrogens (tertiary/aromatic N) is 5. The molecule has 0 atom stereocenters. The van der Waals surface area contributed by atoms with Gasteiger partial charge >= 0.3 is 0 Å². The molecule has 2 aromatic carbocycles. The van der Waals surface area contributed by atoms with Crippen LogP contribution in [0.1, 0.15) is 16.1 Å². The number of carbonyl (C=O) groups is 1. The molecule has 5 rings (SSSR count). The molecule has 1 amide bonds. The van der Waals surface area contributed by atoms with Gasteiger partial charge in [0, 0.05) is 16.8 Å². The van der Waals surface area contributed by atoms with Gasteiger partial charge in [0.15, 0.2) is 11.6 Å². The molecule has 174 valence electrons. The molecule has 0 aliphatic heterocycles. The lowest BCUT2D eigenvalue weighted by Gasteiger charge is -2.09. The van der Waals surface area contributed by atoms with Gasteiger partial charge in [-0.3, -0.25) is 10.2 Å². The Hall–Kier alpha value is -4.48. The number of primary amides is 1. The van der Waals surface area contributed by atoms with Crippen molar-refractivity contribution in [2.75, 3.05) is 10.7 Å². The zero-order valence-corrected chi connectivity index (χ0v) is 19.1. The summed E-state index contributed by atoms with van der Waals surface area (Å²) in [7, 11) is 0. The Morgan fingerprint density at radius 3 is 2.54 bits per heavy atom. The Morgan fingerprint density at radius 1 is 0.971 bits per heavy atom. The van der Waals surface area contributed by atoms with Crippen LogP contribution in [0.4, 0.5) is 17.3 Å². The minimum absolute atomic E-state index is 0.192. The first-order valence-electron chi connectivity index (χ1n) is 9.98. The second-order valence-corrected chi connectivity index (χ2v) is 7.92. The number of nitrogens with two attached hydrogens (primary N) is 1. The zero-order valence-electron chi connectivity index (χ0n) is 17.6. The Kier molecular flexibility index (Phi) is 6.00. The van der Waals surface area contributed by atoms with E-state index in [2.05, 4.69) is 36.1 Å². The minimum atomic E-state index is -0.518. The first-order chi connectivity index (χ1) is 17.0. The van der Waals surface area contributed by atoms with Crippen molar-refractivity contribution in [2.24, 2.45) is 10.8 Å². The molecular formula is C22H14Cl2N8O3. The highest BCUT2D eigenvalue weighted by atomic mass is 35.5. The number of hydrogen-bond donors (Lipinski definition) is 3. The van der Waals surface area contributed by atoms with Gasteiger partial charge in [-0.15, -0.1) is 0 Å². The van der Waals surface area contributed by atoms with Crippen LogP contribution in [0, 0.1) is 0 Å². The number of fused-ring (bicyclic) bond motifs is 1. The normalized spacial score (nSPS) is 11.3. The third kappa shape index (κ3) is 4.90. The fourth-order valence-corrected chi connectivity index (χ4v) is 3.37. The molecule has 0 aliphatic rings. The molecule has 11 nitrogen and oxygen atoms in total. The molecular weight excluding hydrogens is 495 g/mol. The predicted molar refractivity (Wildman–Crippen MR) is 131 cm³/mol. The summed E-state index contributed by atoms with van der Waals surface area (Å²) >= 11 is 12.1. The van der Waals surface area contributed by atoms with Gasteiger partial charge in [-0.2, -0.15) is 10.1 Å². The number of hydrogen-bond acceptors (Lipinski definition) is 10. The van der Waals surface area contributed by atoms with Crippen molar-refractivity contribution in [3.8, 4) is 11.3 Å². The van der Waals surface area contributed by atoms with Gasteiger partial charge in [0.1, 0.15) is 11.5 Å². The number of anilines is 3. The highest BCUT2D eigenvalue weighted by molar-refractivity contribution is 6.42. The van der Waals surface area contributed by atoms with Gasteiger partial charge in [-0.05, 0) is 52.8 Å². The quantitative estimate of drug-likeness (QED) is 0.206. The fraction of sp³-hybridized carbons (Fsp3) is 0. The third-order valence-corrected chi connectivity index (χ3v) is 5.46. The molecule has 3 aromatic heterocycles. The second-order valence-electron chi connectivity index (χ2n) is 7.10. The van der Waals surface area contributed by atoms with Crippen LogP contribution < -0.4 is 16.5 Å². The molecule has 35 heavy (non-hydrogen) atoms. The van der Waals surface area contributed by atoms with Gasteiger partial charge in [-0.1, -0.05) is 35.3 Å². The standard InChI is InChI=1S/C22H14Cl2N8O3/c23-15-6-4-13(9-16(15)24)27-19-20(29-22-21(28-19)31-35-32-22)30-26-10-14-5-7-17(34-14)11-2-1-3-12(8-11)18(25)33/h1-10H,(H2,25,33)(H,27,28,31)(H,29,30,32)/b26-10+. The maximum atomic E-state index is 11.4. The maximum Gasteiger partial charge on any atom is 0.248 e. The molecule has 0 saturated carbocycles. The number of hydrazone groups is 1. The summed E-state index contributed by atoms with van der Waals surface area (Å²) in [6, 6.07) is 15.3. The van der Waals surface area contributed by atoms with E-state index < -0.39 is 5.91 Å². The minimum Gasteiger partial charge on any atom is -0.455 e. The number of rotatable bonds is 7. The van der Waals surface area contributed by atoms with Gasteiger partial charge < -0.3 is 15.5 Å². The average Bonchev–Trinajstić information content (AvgIpc) is 3.51. The molecule has 0 spiro atoms. The highest BCUT2D eigenvalue weighted by Crippen LogP contribution is 2.29. The molecule has 4 N–H and O–H groups in total. The van der Waals surface area contributed by atoms with Crippen LogP contribution in [0.3, 0.4) is 0 Å². The molecule has 0 bridgehead atoms. The molecule has 3 heterocycles. The largest absolute Gasteiger partial charge is 0.455 e. The summed E-state index contributed by atoms with van der Waals surface area (Å²) < 4.78 is 10.5. The Labute approximate surface area is 206 Å². The Balaban J connectivity index is 1.37. The first-order valence-corrected chi connectivity index (χ1v) is 10.7. The molecule has 0 radical (unpaired) electrons. The molecule has 13 heteroatoms. The molecule has 0 aliphatic carbocycles. The van der Waals surface area contributed by atoms with Crippen molar-refractivity contribution in [3.05, 3.63) is 76.0 Å². The predicted octanol–water partition coefficient (Wildman–Crippen LogP) is 4.87. The zero-order chi connectivity index (χ0) is 24.4. The van der Waals surface area contributed by atoms with E-state index in [1.807, 2.05) is 6.07 Å². The van der Waals surface area contributed by atoms with Crippen molar-refractivity contribution in [1.82, 2.24) is 20.3 Å². The number of benzene rings is 2. The van der Waals surface area contributed by atoms with E-state index in [1.54, 1.807) is 48.5 Å². The number of amides is 1. The fourth-order valence-electron chi connectivity index (χ4n) is 3.07. The number of carbonyl (C=O) groups excluding carboxylic acids is 1. The van der Waals surface area contributed by atoms with Gasteiger partial charge in [0.05, 0.1) is 16.3 Å². The summed E-state index contributed by atoms with van der Waals surface area (Å²) in [5, 5.41) is 15.5. The van der Waals surface area contributed by atoms with Crippen molar-refractivity contribution in [2.45, 2.75) is 0 Å². The number of aromatic nitrogens is 4. The summed E-state index contributed by atoms with van der Waals surface area (Å²) in [5.74, 6) is 1.03. The number of halogens is 2. The Morgan fingerprint density at radius 2 is 1.77 bits per heavy atom. The Bertz CT molecular complexity index is 1580. The van der Waals surface area contributed by atoms with Crippen LogP contribution in [-0.2, 0) is 0 Å². The summed E-state index contributed by atoms with van der Waals surface area (Å²) in [6.45, 7) is 0. The highest BCUT2D eigenvalue weighted by Gasteiger charge is 2.13. The lowest BCUT2D eigenvalue weighted by atomic mass is 10.1. The van der Waals surface area contributed by atoms with Crippen LogP contribution in [0.5, 0.6) is 0 Å². The van der Waals surface area contributed by atoms with E-state index >= 15 is 0 Å². The van der Waals surface area contributed by atoms with E-state index in [9.17, 15) is 4.79 Å². The van der Waals surface area contributed by atoms with Crippen molar-refractivity contribution in [3.63, 3.8) is 0 Å². The monoisotopic (exact) mass is 508 g/mol. The first kappa shape index (κ1) is 22.3. The average molecular weight is 509 g/mol. The van der Waals surface area contributed by atoms with Gasteiger partial charge in [0.2, 0.25) is 17.2 Å². The third-order valence-electron chi connectivity index (χ3n) is 4.72. The van der Waals surface area contributed by atoms with Crippen LogP contribution in [0.25, 0.3) is 22.6 Å². The summed E-state index contributed by atoms with van der Waals surface area (Å²) in [6.07, 6.45) is 1.46. The van der Waals surface area contributed by atoms with E-state index in [1.165, 1.54) is 6.21 Å². The second kappa shape index (κ2) is 9.41. The molecule has 0 fully saturated rings. The SMILES string of the molecule is NC(=O)c1cccc(-c2ccc(/C=N/Nc3nc4nonc4nc3Nc3ccc(Cl)c(Cl)c3)o2)c1. The van der Waals surface area contributed by atoms with Crippen molar-refractivity contribution >= 4 is 63.9 Å². The lowest BCUT2D eigenvalue weighted by Crippen LogP contribution is -2.10. The molecule has 0 saturated heterocycles. The maximum absolute atomic E-state index is 11.4. The van der Waals surface area contributed by atoms with Crippen LogP contribution in [0.2, 0.25) is 10.0 Å². The van der Waals surface area contributed by atoms with Crippen molar-refractivity contribution < 1.29 is 13.8 Å². The summed E-state index contributed by atoms with van der Waals surface area (Å²) in [4.78, 5) is 20.1. The van der Waals surface area contributed by atoms with Gasteiger partial charge in [-0.25, -0.2) is 9.61 Å². The van der Waals surface area contributed by atoms with E-state index in [4.69, 9.17) is 38.0 Å². The molecule has 5 aromatic rings. The van der Waals surface area contributed by atoms with Gasteiger partial charge in [0.25, 0.3) is 0 Å².